The van der Waals surface area contributed by atoms with Crippen LogP contribution >= 0.6 is 67.8 Å². The number of esters is 1. The summed E-state index contributed by atoms with van der Waals surface area (Å²) in [6.45, 7) is 0. The first-order valence-corrected chi connectivity index (χ1v) is 13.1. The number of rotatable bonds is 3. The summed E-state index contributed by atoms with van der Waals surface area (Å²) in [6, 6.07) is 16.8. The third kappa shape index (κ3) is 3.94. The largest absolute Gasteiger partial charge is 0.744 e. The number of hydrogen-bond donors (Lipinski definition) is 0. The van der Waals surface area contributed by atoms with Crippen molar-refractivity contribution in [2.75, 3.05) is 0 Å². The zero-order valence-corrected chi connectivity index (χ0v) is 22.1. The van der Waals surface area contributed by atoms with Crippen LogP contribution in [-0.4, -0.2) is 18.9 Å². The lowest BCUT2D eigenvalue weighted by Crippen LogP contribution is -2.14. The molecule has 5 nitrogen and oxygen atoms in total. The maximum Gasteiger partial charge on any atom is 0.345 e. The Balaban J connectivity index is 2.03. The summed E-state index contributed by atoms with van der Waals surface area (Å²) < 4.78 is 44.5. The van der Waals surface area contributed by atoms with E-state index in [0.29, 0.717) is 16.3 Å². The summed E-state index contributed by atoms with van der Waals surface area (Å²) in [5.41, 5.74) is 0.441. The molecule has 4 rings (SSSR count). The molecule has 0 amide bonds. The van der Waals surface area contributed by atoms with Crippen LogP contribution in [0.25, 0.3) is 21.5 Å². The molecule has 152 valence electrons. The highest BCUT2D eigenvalue weighted by Gasteiger charge is 2.23. The van der Waals surface area contributed by atoms with Gasteiger partial charge in [-0.2, -0.15) is 0 Å². The van der Waals surface area contributed by atoms with E-state index in [-0.39, 0.29) is 21.4 Å². The van der Waals surface area contributed by atoms with Crippen molar-refractivity contribution < 1.29 is 22.5 Å². The minimum atomic E-state index is -4.77. The molecular weight excluding hydrogens is 745 g/mol. The lowest BCUT2D eigenvalue weighted by Gasteiger charge is -2.18. The van der Waals surface area contributed by atoms with Crippen LogP contribution in [0.5, 0.6) is 5.75 Å². The minimum Gasteiger partial charge on any atom is -0.744 e. The van der Waals surface area contributed by atoms with Gasteiger partial charge in [-0.05, 0) is 79.9 Å². The standard InChI is InChI=1S/C21H11I3O5S/c22-15-9-10-16(23)18(24)17(15)21(25)29-19-11-5-1-3-7-13(11)20(30(26,27)28)14-8-4-2-6-12(14)19/h1-10H,(H,26,27,28)/p-1. The summed E-state index contributed by atoms with van der Waals surface area (Å²) in [7, 11) is -4.77. The third-order valence-electron chi connectivity index (χ3n) is 4.53. The fourth-order valence-electron chi connectivity index (χ4n) is 3.29. The van der Waals surface area contributed by atoms with Gasteiger partial charge < -0.3 is 9.29 Å². The van der Waals surface area contributed by atoms with Crippen molar-refractivity contribution in [2.45, 2.75) is 4.90 Å². The average Bonchev–Trinajstić information content (AvgIpc) is 2.70. The van der Waals surface area contributed by atoms with E-state index in [9.17, 15) is 17.8 Å². The Bertz CT molecular complexity index is 1390. The van der Waals surface area contributed by atoms with E-state index < -0.39 is 16.1 Å². The van der Waals surface area contributed by atoms with Crippen LogP contribution in [0.3, 0.4) is 0 Å². The van der Waals surface area contributed by atoms with E-state index >= 15 is 0 Å². The van der Waals surface area contributed by atoms with Crippen LogP contribution in [0, 0.1) is 10.7 Å². The molecule has 0 saturated heterocycles. The molecule has 0 spiro atoms. The number of hydrogen-bond acceptors (Lipinski definition) is 5. The van der Waals surface area contributed by atoms with Gasteiger partial charge in [0.25, 0.3) is 0 Å². The minimum absolute atomic E-state index is 0.223. The van der Waals surface area contributed by atoms with Crippen molar-refractivity contribution in [1.29, 1.82) is 0 Å². The van der Waals surface area contributed by atoms with E-state index in [4.69, 9.17) is 4.74 Å². The number of ether oxygens (including phenoxy) is 1. The number of carbonyl (C=O) groups is 1. The molecule has 0 radical (unpaired) electrons. The van der Waals surface area contributed by atoms with Crippen LogP contribution < -0.4 is 4.74 Å². The van der Waals surface area contributed by atoms with Crippen molar-refractivity contribution in [1.82, 2.24) is 0 Å². The number of carbonyl (C=O) groups excluding carboxylic acids is 1. The van der Waals surface area contributed by atoms with Gasteiger partial charge in [-0.3, -0.25) is 0 Å². The SMILES string of the molecule is O=C(Oc1c2ccccc2c(S(=O)(=O)[O-])c2ccccc12)c1c(I)ccc(I)c1I. The fraction of sp³-hybridized carbons (Fsp3) is 0. The summed E-state index contributed by atoms with van der Waals surface area (Å²) in [4.78, 5) is 12.8. The summed E-state index contributed by atoms with van der Waals surface area (Å²) in [5, 5.41) is 1.21. The predicted octanol–water partition coefficient (Wildman–Crippen LogP) is 5.93. The molecule has 0 saturated carbocycles. The van der Waals surface area contributed by atoms with Gasteiger partial charge in [0, 0.05) is 32.3 Å². The van der Waals surface area contributed by atoms with Crippen LogP contribution in [0.15, 0.2) is 65.6 Å². The maximum absolute atomic E-state index is 13.2. The van der Waals surface area contributed by atoms with Gasteiger partial charge in [-0.1, -0.05) is 48.5 Å². The van der Waals surface area contributed by atoms with Gasteiger partial charge in [0.2, 0.25) is 0 Å². The molecule has 0 fully saturated rings. The maximum atomic E-state index is 13.2. The molecule has 0 N–H and O–H groups in total. The fourth-order valence-corrected chi connectivity index (χ4v) is 6.51. The van der Waals surface area contributed by atoms with Gasteiger partial charge in [-0.15, -0.1) is 0 Å². The van der Waals surface area contributed by atoms with Crippen LogP contribution in [0.1, 0.15) is 10.4 Å². The van der Waals surface area contributed by atoms with Crippen molar-refractivity contribution in [2.24, 2.45) is 0 Å². The topological polar surface area (TPSA) is 83.5 Å². The second-order valence-corrected chi connectivity index (χ2v) is 11.0. The second kappa shape index (κ2) is 8.48. The first kappa shape index (κ1) is 22.2. The average molecular weight is 755 g/mol. The molecule has 0 bridgehead atoms. The molecule has 30 heavy (non-hydrogen) atoms. The van der Waals surface area contributed by atoms with Gasteiger partial charge in [0.1, 0.15) is 15.9 Å². The quantitative estimate of drug-likeness (QED) is 0.0648. The summed E-state index contributed by atoms with van der Waals surface area (Å²) in [6.07, 6.45) is 0. The van der Waals surface area contributed by atoms with Crippen LogP contribution in [0.4, 0.5) is 0 Å². The van der Waals surface area contributed by atoms with Gasteiger partial charge in [0.05, 0.1) is 10.5 Å². The van der Waals surface area contributed by atoms with Crippen molar-refractivity contribution in [3.05, 3.63) is 76.9 Å². The van der Waals surface area contributed by atoms with Crippen LogP contribution in [-0.2, 0) is 10.1 Å². The van der Waals surface area contributed by atoms with Crippen molar-refractivity contribution in [3.8, 4) is 5.75 Å². The lowest BCUT2D eigenvalue weighted by atomic mass is 10.0. The van der Waals surface area contributed by atoms with E-state index in [1.54, 1.807) is 48.5 Å². The van der Waals surface area contributed by atoms with E-state index in [2.05, 4.69) is 67.8 Å². The number of benzene rings is 4. The predicted molar refractivity (Wildman–Crippen MR) is 139 cm³/mol. The number of fused-ring (bicyclic) bond motifs is 2. The molecule has 0 aliphatic heterocycles. The Hall–Kier alpha value is -1.03. The Morgan fingerprint density at radius 1 is 0.767 bits per heavy atom. The zero-order chi connectivity index (χ0) is 21.6. The van der Waals surface area contributed by atoms with E-state index in [1.165, 1.54) is 0 Å². The molecule has 0 heterocycles. The Labute approximate surface area is 213 Å². The number of halogens is 3. The second-order valence-electron chi connectivity index (χ2n) is 6.31. The van der Waals surface area contributed by atoms with Gasteiger partial charge in [-0.25, -0.2) is 13.2 Å². The van der Waals surface area contributed by atoms with E-state index in [1.807, 2.05) is 12.1 Å². The highest BCUT2D eigenvalue weighted by Crippen LogP contribution is 2.41. The van der Waals surface area contributed by atoms with E-state index in [0.717, 1.165) is 10.7 Å². The monoisotopic (exact) mass is 755 g/mol. The zero-order valence-electron chi connectivity index (χ0n) is 14.9. The molecule has 9 heteroatoms. The first-order valence-electron chi connectivity index (χ1n) is 8.45. The third-order valence-corrected chi connectivity index (χ3v) is 9.42. The van der Waals surface area contributed by atoms with Crippen LogP contribution in [0.2, 0.25) is 0 Å². The van der Waals surface area contributed by atoms with Gasteiger partial charge in [0.15, 0.2) is 0 Å². The van der Waals surface area contributed by atoms with Crippen molar-refractivity contribution >= 4 is 105 Å². The summed E-state index contributed by atoms with van der Waals surface area (Å²) >= 11 is 6.34. The molecule has 0 aliphatic carbocycles. The Morgan fingerprint density at radius 2 is 1.23 bits per heavy atom. The smallest absolute Gasteiger partial charge is 0.345 e. The first-order chi connectivity index (χ1) is 14.2. The Morgan fingerprint density at radius 3 is 1.73 bits per heavy atom. The van der Waals surface area contributed by atoms with Gasteiger partial charge >= 0.3 is 5.97 Å². The molecule has 0 aromatic heterocycles. The van der Waals surface area contributed by atoms with Crippen molar-refractivity contribution in [3.63, 3.8) is 0 Å². The molecule has 4 aromatic rings. The molecule has 0 unspecified atom stereocenters. The molecule has 0 atom stereocenters. The molecular formula is C21H10I3O5S-. The molecule has 0 aliphatic rings. The molecule has 4 aromatic carbocycles. The highest BCUT2D eigenvalue weighted by molar-refractivity contribution is 14.1. The lowest BCUT2D eigenvalue weighted by molar-refractivity contribution is 0.0737. The normalized spacial score (nSPS) is 11.7. The highest BCUT2D eigenvalue weighted by atomic mass is 127. The Kier molecular flexibility index (Phi) is 6.27. The summed E-state index contributed by atoms with van der Waals surface area (Å²) in [5.74, 6) is -0.320.